The number of hydrogen-bond acceptors (Lipinski definition) is 4. The molecule has 106 valence electrons. The molecule has 1 atom stereocenters. The Morgan fingerprint density at radius 2 is 2.10 bits per heavy atom. The summed E-state index contributed by atoms with van der Waals surface area (Å²) in [5, 5.41) is 6.57. The summed E-state index contributed by atoms with van der Waals surface area (Å²) in [6, 6.07) is 9.43. The molecule has 0 saturated carbocycles. The third-order valence-corrected chi connectivity index (χ3v) is 3.68. The minimum Gasteiger partial charge on any atom is -0.496 e. The lowest BCUT2D eigenvalue weighted by Gasteiger charge is -2.18. The molecule has 0 spiro atoms. The second-order valence-corrected chi connectivity index (χ2v) is 4.97. The van der Waals surface area contributed by atoms with Crippen molar-refractivity contribution in [2.75, 3.05) is 20.8 Å². The van der Waals surface area contributed by atoms with Gasteiger partial charge in [0.25, 0.3) is 5.91 Å². The van der Waals surface area contributed by atoms with Crippen molar-refractivity contribution in [3.63, 3.8) is 0 Å². The number of benzene rings is 1. The molecule has 2 aromatic rings. The van der Waals surface area contributed by atoms with Crippen molar-refractivity contribution >= 4 is 17.2 Å². The van der Waals surface area contributed by atoms with Crippen LogP contribution in [0.25, 0.3) is 0 Å². The molecule has 1 aromatic carbocycles. The van der Waals surface area contributed by atoms with Crippen molar-refractivity contribution < 1.29 is 14.3 Å². The quantitative estimate of drug-likeness (QED) is 0.890. The van der Waals surface area contributed by atoms with Gasteiger partial charge >= 0.3 is 0 Å². The summed E-state index contributed by atoms with van der Waals surface area (Å²) in [4.78, 5) is 11.9. The monoisotopic (exact) mass is 291 g/mol. The first-order valence-electron chi connectivity index (χ1n) is 6.22. The van der Waals surface area contributed by atoms with Crippen LogP contribution in [0.1, 0.15) is 22.0 Å². The van der Waals surface area contributed by atoms with E-state index in [9.17, 15) is 4.79 Å². The lowest BCUT2D eigenvalue weighted by molar-refractivity contribution is 0.0819. The highest BCUT2D eigenvalue weighted by atomic mass is 32.1. The number of methoxy groups -OCH3 is 2. The first kappa shape index (κ1) is 14.6. The zero-order chi connectivity index (χ0) is 14.4. The van der Waals surface area contributed by atoms with Crippen molar-refractivity contribution in [3.05, 3.63) is 52.2 Å². The van der Waals surface area contributed by atoms with E-state index < -0.39 is 0 Å². The lowest BCUT2D eigenvalue weighted by Crippen LogP contribution is -2.29. The highest BCUT2D eigenvalue weighted by Gasteiger charge is 2.16. The molecule has 1 heterocycles. The molecule has 0 bridgehead atoms. The van der Waals surface area contributed by atoms with Crippen molar-refractivity contribution in [2.45, 2.75) is 6.10 Å². The molecular formula is C15H17NO3S. The highest BCUT2D eigenvalue weighted by molar-refractivity contribution is 7.08. The molecule has 4 nitrogen and oxygen atoms in total. The van der Waals surface area contributed by atoms with Crippen molar-refractivity contribution in [1.29, 1.82) is 0 Å². The van der Waals surface area contributed by atoms with Gasteiger partial charge in [-0.1, -0.05) is 18.2 Å². The summed E-state index contributed by atoms with van der Waals surface area (Å²) in [7, 11) is 3.24. The molecule has 1 N–H and O–H groups in total. The average molecular weight is 291 g/mol. The maximum absolute atomic E-state index is 11.9. The Labute approximate surface area is 122 Å². The Morgan fingerprint density at radius 1 is 1.30 bits per heavy atom. The lowest BCUT2D eigenvalue weighted by atomic mass is 10.1. The van der Waals surface area contributed by atoms with Gasteiger partial charge in [0.2, 0.25) is 0 Å². The van der Waals surface area contributed by atoms with Gasteiger partial charge in [-0.15, -0.1) is 0 Å². The van der Waals surface area contributed by atoms with Gasteiger partial charge in [-0.3, -0.25) is 4.79 Å². The summed E-state index contributed by atoms with van der Waals surface area (Å²) < 4.78 is 10.8. The highest BCUT2D eigenvalue weighted by Crippen LogP contribution is 2.26. The van der Waals surface area contributed by atoms with Crippen molar-refractivity contribution in [1.82, 2.24) is 5.32 Å². The van der Waals surface area contributed by atoms with Crippen LogP contribution >= 0.6 is 11.3 Å². The molecule has 2 rings (SSSR count). The van der Waals surface area contributed by atoms with Crippen LogP contribution in [0.3, 0.4) is 0 Å². The SMILES string of the molecule is COc1ccccc1C(CNC(=O)c1ccsc1)OC. The van der Waals surface area contributed by atoms with Crippen LogP contribution < -0.4 is 10.1 Å². The van der Waals surface area contributed by atoms with Gasteiger partial charge in [-0.05, 0) is 17.5 Å². The number of nitrogens with one attached hydrogen (secondary N) is 1. The molecule has 1 unspecified atom stereocenters. The Balaban J connectivity index is 2.04. The third-order valence-electron chi connectivity index (χ3n) is 3.00. The fourth-order valence-electron chi connectivity index (χ4n) is 1.93. The molecule has 5 heteroatoms. The van der Waals surface area contributed by atoms with E-state index in [1.807, 2.05) is 35.0 Å². The van der Waals surface area contributed by atoms with E-state index in [4.69, 9.17) is 9.47 Å². The summed E-state index contributed by atoms with van der Waals surface area (Å²) in [5.41, 5.74) is 1.59. The molecule has 0 aliphatic carbocycles. The maximum Gasteiger partial charge on any atom is 0.252 e. The molecule has 1 aromatic heterocycles. The first-order chi connectivity index (χ1) is 9.76. The smallest absolute Gasteiger partial charge is 0.252 e. The van der Waals surface area contributed by atoms with Crippen LogP contribution in [-0.4, -0.2) is 26.7 Å². The third kappa shape index (κ3) is 3.37. The molecule has 0 saturated heterocycles. The normalized spacial score (nSPS) is 11.9. The van der Waals surface area contributed by atoms with Crippen LogP contribution in [0, 0.1) is 0 Å². The number of carbonyl (C=O) groups excluding carboxylic acids is 1. The number of amides is 1. The Hall–Kier alpha value is -1.85. The summed E-state index contributed by atoms with van der Waals surface area (Å²) in [5.74, 6) is 0.660. The van der Waals surface area contributed by atoms with Gasteiger partial charge in [-0.25, -0.2) is 0 Å². The largest absolute Gasteiger partial charge is 0.496 e. The second-order valence-electron chi connectivity index (χ2n) is 4.19. The summed E-state index contributed by atoms with van der Waals surface area (Å²) in [6.45, 7) is 0.394. The fraction of sp³-hybridized carbons (Fsp3) is 0.267. The molecule has 0 radical (unpaired) electrons. The number of hydrogen-bond donors (Lipinski definition) is 1. The predicted octanol–water partition coefficient (Wildman–Crippen LogP) is 2.87. The van der Waals surface area contributed by atoms with Gasteiger partial charge in [0.05, 0.1) is 7.11 Å². The van der Waals surface area contributed by atoms with E-state index in [0.717, 1.165) is 11.3 Å². The number of para-hydroxylation sites is 1. The molecule has 0 aliphatic heterocycles. The van der Waals surface area contributed by atoms with E-state index >= 15 is 0 Å². The summed E-state index contributed by atoms with van der Waals surface area (Å²) >= 11 is 1.50. The predicted molar refractivity (Wildman–Crippen MR) is 79.4 cm³/mol. The van der Waals surface area contributed by atoms with E-state index in [1.54, 1.807) is 20.3 Å². The van der Waals surface area contributed by atoms with Crippen LogP contribution in [0.4, 0.5) is 0 Å². The van der Waals surface area contributed by atoms with Gasteiger partial charge in [0.15, 0.2) is 0 Å². The number of thiophene rings is 1. The van der Waals surface area contributed by atoms with Crippen LogP contribution in [0.5, 0.6) is 5.75 Å². The number of ether oxygens (including phenoxy) is 2. The fourth-order valence-corrected chi connectivity index (χ4v) is 2.57. The minimum absolute atomic E-state index is 0.0943. The molecule has 1 amide bonds. The van der Waals surface area contributed by atoms with Gasteiger partial charge < -0.3 is 14.8 Å². The molecule has 20 heavy (non-hydrogen) atoms. The van der Waals surface area contributed by atoms with E-state index in [1.165, 1.54) is 11.3 Å². The molecule has 0 aliphatic rings. The minimum atomic E-state index is -0.242. The summed E-state index contributed by atoms with van der Waals surface area (Å²) in [6.07, 6.45) is -0.242. The topological polar surface area (TPSA) is 47.6 Å². The van der Waals surface area contributed by atoms with Crippen LogP contribution in [-0.2, 0) is 4.74 Å². The van der Waals surface area contributed by atoms with E-state index in [0.29, 0.717) is 12.1 Å². The molecular weight excluding hydrogens is 274 g/mol. The first-order valence-corrected chi connectivity index (χ1v) is 7.16. The van der Waals surface area contributed by atoms with E-state index in [-0.39, 0.29) is 12.0 Å². The number of rotatable bonds is 6. The van der Waals surface area contributed by atoms with Crippen molar-refractivity contribution in [2.24, 2.45) is 0 Å². The maximum atomic E-state index is 11.9. The average Bonchev–Trinajstić information content (AvgIpc) is 3.02. The zero-order valence-electron chi connectivity index (χ0n) is 11.5. The van der Waals surface area contributed by atoms with Gasteiger partial charge in [0.1, 0.15) is 11.9 Å². The Morgan fingerprint density at radius 3 is 2.75 bits per heavy atom. The Bertz CT molecular complexity index is 554. The molecule has 0 fully saturated rings. The number of carbonyl (C=O) groups is 1. The van der Waals surface area contributed by atoms with Gasteiger partial charge in [-0.2, -0.15) is 11.3 Å². The standard InChI is InChI=1S/C15H17NO3S/c1-18-13-6-4-3-5-12(13)14(19-2)9-16-15(17)11-7-8-20-10-11/h3-8,10,14H,9H2,1-2H3,(H,16,17). The van der Waals surface area contributed by atoms with Gasteiger partial charge in [0, 0.05) is 30.2 Å². The second kappa shape index (κ2) is 7.07. The van der Waals surface area contributed by atoms with Crippen LogP contribution in [0.15, 0.2) is 41.1 Å². The van der Waals surface area contributed by atoms with E-state index in [2.05, 4.69) is 5.32 Å². The Kier molecular flexibility index (Phi) is 5.15. The van der Waals surface area contributed by atoms with Crippen molar-refractivity contribution in [3.8, 4) is 5.75 Å². The van der Waals surface area contributed by atoms with Crippen LogP contribution in [0.2, 0.25) is 0 Å². The zero-order valence-corrected chi connectivity index (χ0v) is 12.3.